The monoisotopic (exact) mass is 285 g/mol. The Morgan fingerprint density at radius 2 is 1.81 bits per heavy atom. The van der Waals surface area contributed by atoms with Gasteiger partial charge in [-0.2, -0.15) is 0 Å². The third kappa shape index (κ3) is 4.02. The van der Waals surface area contributed by atoms with Crippen LogP contribution >= 0.6 is 0 Å². The zero-order valence-corrected chi connectivity index (χ0v) is 13.1. The Morgan fingerprint density at radius 3 is 2.38 bits per heavy atom. The van der Waals surface area contributed by atoms with Crippen LogP contribution in [0.4, 0.5) is 0 Å². The molecule has 1 atom stereocenters. The van der Waals surface area contributed by atoms with Crippen molar-refractivity contribution in [1.29, 1.82) is 0 Å². The molecule has 4 nitrogen and oxygen atoms in total. The summed E-state index contributed by atoms with van der Waals surface area (Å²) >= 11 is 0. The highest BCUT2D eigenvalue weighted by Crippen LogP contribution is 2.23. The Kier molecular flexibility index (Phi) is 4.58. The maximum absolute atomic E-state index is 6.23. The molecule has 2 N–H and O–H groups in total. The topological polar surface area (TPSA) is 61.0 Å². The first-order chi connectivity index (χ1) is 9.90. The molecular formula is C17H23N3O. The number of rotatable bonds is 4. The molecule has 0 saturated heterocycles. The molecule has 0 aliphatic rings. The van der Waals surface area contributed by atoms with Gasteiger partial charge in [0, 0.05) is 6.07 Å². The number of nitrogens with zero attached hydrogens (tertiary/aromatic N) is 2. The second kappa shape index (κ2) is 6.22. The zero-order chi connectivity index (χ0) is 15.5. The molecule has 2 rings (SSSR count). The largest absolute Gasteiger partial charge is 0.481 e. The summed E-state index contributed by atoms with van der Waals surface area (Å²) in [6, 6.07) is 10.2. The number of hydrogen-bond acceptors (Lipinski definition) is 4. The molecule has 112 valence electrons. The van der Waals surface area contributed by atoms with Crippen molar-refractivity contribution >= 4 is 0 Å². The molecule has 1 aromatic carbocycles. The fraction of sp³-hybridized carbons (Fsp3) is 0.412. The molecule has 0 radical (unpaired) electrons. The summed E-state index contributed by atoms with van der Waals surface area (Å²) in [4.78, 5) is 8.22. The van der Waals surface area contributed by atoms with Gasteiger partial charge in [0.25, 0.3) is 0 Å². The minimum Gasteiger partial charge on any atom is -0.481 e. The minimum atomic E-state index is -0.164. The van der Waals surface area contributed by atoms with Crippen LogP contribution in [0, 0.1) is 0 Å². The highest BCUT2D eigenvalue weighted by Gasteiger charge is 2.14. The molecule has 2 aromatic rings. The van der Waals surface area contributed by atoms with Crippen LogP contribution in [0.1, 0.15) is 43.6 Å². The van der Waals surface area contributed by atoms with Crippen molar-refractivity contribution in [2.75, 3.05) is 7.11 Å². The SMILES string of the molecule is COc1cc(C(N)Cc2ccc(C(C)(C)C)cc2)ncn1. The average molecular weight is 285 g/mol. The Labute approximate surface area is 126 Å². The maximum atomic E-state index is 6.23. The van der Waals surface area contributed by atoms with Gasteiger partial charge in [-0.25, -0.2) is 9.97 Å². The third-order valence-corrected chi connectivity index (χ3v) is 3.53. The molecule has 0 bridgehead atoms. The summed E-state index contributed by atoms with van der Waals surface area (Å²) in [6.07, 6.45) is 2.22. The van der Waals surface area contributed by atoms with Crippen molar-refractivity contribution in [3.63, 3.8) is 0 Å². The molecule has 0 aliphatic heterocycles. The summed E-state index contributed by atoms with van der Waals surface area (Å²) in [5.41, 5.74) is 9.71. The lowest BCUT2D eigenvalue weighted by Crippen LogP contribution is -2.16. The molecule has 1 aromatic heterocycles. The van der Waals surface area contributed by atoms with Gasteiger partial charge in [-0.1, -0.05) is 45.0 Å². The van der Waals surface area contributed by atoms with E-state index in [4.69, 9.17) is 10.5 Å². The summed E-state index contributed by atoms with van der Waals surface area (Å²) in [6.45, 7) is 6.63. The van der Waals surface area contributed by atoms with Crippen LogP contribution in [0.25, 0.3) is 0 Å². The van der Waals surface area contributed by atoms with E-state index in [1.54, 1.807) is 13.2 Å². The van der Waals surface area contributed by atoms with E-state index in [1.807, 2.05) is 0 Å². The van der Waals surface area contributed by atoms with Crippen molar-refractivity contribution in [2.45, 2.75) is 38.6 Å². The first kappa shape index (κ1) is 15.4. The van der Waals surface area contributed by atoms with Gasteiger partial charge in [-0.05, 0) is 23.0 Å². The second-order valence-corrected chi connectivity index (χ2v) is 6.24. The van der Waals surface area contributed by atoms with E-state index in [9.17, 15) is 0 Å². The fourth-order valence-electron chi connectivity index (χ4n) is 2.17. The number of hydrogen-bond donors (Lipinski definition) is 1. The first-order valence-corrected chi connectivity index (χ1v) is 7.11. The Hall–Kier alpha value is -1.94. The molecule has 21 heavy (non-hydrogen) atoms. The van der Waals surface area contributed by atoms with Crippen LogP contribution in [-0.2, 0) is 11.8 Å². The van der Waals surface area contributed by atoms with E-state index in [1.165, 1.54) is 17.5 Å². The maximum Gasteiger partial charge on any atom is 0.216 e. The number of benzene rings is 1. The summed E-state index contributed by atoms with van der Waals surface area (Å²) in [5, 5.41) is 0. The Bertz CT molecular complexity index is 588. The van der Waals surface area contributed by atoms with Crippen molar-refractivity contribution in [3.05, 3.63) is 53.5 Å². The number of methoxy groups -OCH3 is 1. The van der Waals surface area contributed by atoms with Gasteiger partial charge in [0.1, 0.15) is 6.33 Å². The summed E-state index contributed by atoms with van der Waals surface area (Å²) in [7, 11) is 1.59. The molecule has 0 spiro atoms. The standard InChI is InChI=1S/C17H23N3O/c1-17(2,3)13-7-5-12(6-8-13)9-14(18)15-10-16(21-4)20-11-19-15/h5-8,10-11,14H,9,18H2,1-4H3. The zero-order valence-electron chi connectivity index (χ0n) is 13.1. The van der Waals surface area contributed by atoms with E-state index in [0.29, 0.717) is 5.88 Å². The van der Waals surface area contributed by atoms with E-state index < -0.39 is 0 Å². The van der Waals surface area contributed by atoms with Gasteiger partial charge < -0.3 is 10.5 Å². The highest BCUT2D eigenvalue weighted by molar-refractivity contribution is 5.29. The van der Waals surface area contributed by atoms with E-state index >= 15 is 0 Å². The number of ether oxygens (including phenoxy) is 1. The average Bonchev–Trinajstić information content (AvgIpc) is 2.47. The highest BCUT2D eigenvalue weighted by atomic mass is 16.5. The predicted molar refractivity (Wildman–Crippen MR) is 84.4 cm³/mol. The van der Waals surface area contributed by atoms with Crippen LogP contribution in [0.5, 0.6) is 5.88 Å². The molecule has 0 fully saturated rings. The molecular weight excluding hydrogens is 262 g/mol. The first-order valence-electron chi connectivity index (χ1n) is 7.11. The van der Waals surface area contributed by atoms with Crippen LogP contribution in [0.2, 0.25) is 0 Å². The summed E-state index contributed by atoms with van der Waals surface area (Å²) in [5.74, 6) is 0.540. The molecule has 0 amide bonds. The predicted octanol–water partition coefficient (Wildman–Crippen LogP) is 3.03. The Balaban J connectivity index is 2.10. The third-order valence-electron chi connectivity index (χ3n) is 3.53. The lowest BCUT2D eigenvalue weighted by atomic mass is 9.86. The van der Waals surface area contributed by atoms with Crippen molar-refractivity contribution in [2.24, 2.45) is 5.73 Å². The van der Waals surface area contributed by atoms with Crippen LogP contribution < -0.4 is 10.5 Å². The van der Waals surface area contributed by atoms with Gasteiger partial charge >= 0.3 is 0 Å². The molecule has 0 saturated carbocycles. The van der Waals surface area contributed by atoms with E-state index in [0.717, 1.165) is 12.1 Å². The normalized spacial score (nSPS) is 13.0. The number of aromatic nitrogens is 2. The van der Waals surface area contributed by atoms with Crippen LogP contribution in [0.15, 0.2) is 36.7 Å². The quantitative estimate of drug-likeness (QED) is 0.938. The second-order valence-electron chi connectivity index (χ2n) is 6.24. The van der Waals surface area contributed by atoms with Gasteiger partial charge in [0.2, 0.25) is 5.88 Å². The minimum absolute atomic E-state index is 0.164. The molecule has 1 heterocycles. The smallest absolute Gasteiger partial charge is 0.216 e. The van der Waals surface area contributed by atoms with Crippen LogP contribution in [-0.4, -0.2) is 17.1 Å². The lowest BCUT2D eigenvalue weighted by Gasteiger charge is -2.19. The molecule has 4 heteroatoms. The van der Waals surface area contributed by atoms with Gasteiger partial charge in [-0.3, -0.25) is 0 Å². The van der Waals surface area contributed by atoms with E-state index in [2.05, 4.69) is 55.0 Å². The van der Waals surface area contributed by atoms with Gasteiger partial charge in [0.15, 0.2) is 0 Å². The summed E-state index contributed by atoms with van der Waals surface area (Å²) < 4.78 is 5.10. The van der Waals surface area contributed by atoms with Crippen molar-refractivity contribution in [1.82, 2.24) is 9.97 Å². The van der Waals surface area contributed by atoms with Gasteiger partial charge in [-0.15, -0.1) is 0 Å². The van der Waals surface area contributed by atoms with Crippen molar-refractivity contribution < 1.29 is 4.74 Å². The van der Waals surface area contributed by atoms with Crippen LogP contribution in [0.3, 0.4) is 0 Å². The molecule has 0 aliphatic carbocycles. The van der Waals surface area contributed by atoms with Gasteiger partial charge in [0.05, 0.1) is 18.8 Å². The van der Waals surface area contributed by atoms with Crippen molar-refractivity contribution in [3.8, 4) is 5.88 Å². The lowest BCUT2D eigenvalue weighted by molar-refractivity contribution is 0.395. The van der Waals surface area contributed by atoms with E-state index in [-0.39, 0.29) is 11.5 Å². The Morgan fingerprint density at radius 1 is 1.14 bits per heavy atom. The molecule has 1 unspecified atom stereocenters. The fourth-order valence-corrected chi connectivity index (χ4v) is 2.17. The number of nitrogens with two attached hydrogens (primary N) is 1.